The van der Waals surface area contributed by atoms with Crippen molar-refractivity contribution in [2.75, 3.05) is 17.7 Å². The van der Waals surface area contributed by atoms with Crippen molar-refractivity contribution < 1.29 is 4.74 Å². The van der Waals surface area contributed by atoms with Crippen LogP contribution in [0.1, 0.15) is 33.6 Å². The van der Waals surface area contributed by atoms with Gasteiger partial charge in [-0.25, -0.2) is 0 Å². The molecule has 4 nitrogen and oxygen atoms in total. The van der Waals surface area contributed by atoms with Gasteiger partial charge in [0.1, 0.15) is 5.82 Å². The lowest BCUT2D eigenvalue weighted by Gasteiger charge is -2.14. The Hall–Kier alpha value is -1.45. The van der Waals surface area contributed by atoms with E-state index in [0.717, 1.165) is 18.7 Å². The van der Waals surface area contributed by atoms with Crippen molar-refractivity contribution in [2.45, 2.75) is 39.7 Å². The van der Waals surface area contributed by atoms with Gasteiger partial charge in [0.15, 0.2) is 0 Å². The Kier molecular flexibility index (Phi) is 4.89. The van der Waals surface area contributed by atoms with Crippen molar-refractivity contribution in [3.63, 3.8) is 0 Å². The first kappa shape index (κ1) is 12.6. The summed E-state index contributed by atoms with van der Waals surface area (Å²) >= 11 is 0. The van der Waals surface area contributed by atoms with Gasteiger partial charge in [0.05, 0.1) is 12.3 Å². The first-order valence-electron chi connectivity index (χ1n) is 5.83. The number of anilines is 2. The van der Waals surface area contributed by atoms with Gasteiger partial charge in [-0.2, -0.15) is 4.98 Å². The van der Waals surface area contributed by atoms with Crippen molar-refractivity contribution in [3.05, 3.63) is 12.1 Å². The summed E-state index contributed by atoms with van der Waals surface area (Å²) in [6.07, 6.45) is 2.00. The van der Waals surface area contributed by atoms with Crippen LogP contribution in [0.2, 0.25) is 0 Å². The van der Waals surface area contributed by atoms with E-state index in [1.807, 2.05) is 12.1 Å². The van der Waals surface area contributed by atoms with E-state index >= 15 is 0 Å². The van der Waals surface area contributed by atoms with Gasteiger partial charge in [0.25, 0.3) is 0 Å². The number of hydrogen-bond acceptors (Lipinski definition) is 4. The van der Waals surface area contributed by atoms with E-state index in [-0.39, 0.29) is 0 Å². The molecular formula is C12H21N3O. The molecule has 0 aliphatic carbocycles. The van der Waals surface area contributed by atoms with Crippen LogP contribution in [0, 0.1) is 0 Å². The van der Waals surface area contributed by atoms with E-state index in [1.54, 1.807) is 0 Å². The van der Waals surface area contributed by atoms with Gasteiger partial charge in [0, 0.05) is 6.04 Å². The van der Waals surface area contributed by atoms with Crippen LogP contribution in [-0.4, -0.2) is 17.6 Å². The number of rotatable bonds is 6. The molecule has 1 atom stereocenters. The third-order valence-corrected chi connectivity index (χ3v) is 2.34. The molecule has 90 valence electrons. The summed E-state index contributed by atoms with van der Waals surface area (Å²) < 4.78 is 5.47. The molecule has 16 heavy (non-hydrogen) atoms. The number of nitrogen functional groups attached to an aromatic ring is 1. The molecule has 0 fully saturated rings. The molecule has 0 aliphatic heterocycles. The van der Waals surface area contributed by atoms with Gasteiger partial charge in [-0.15, -0.1) is 0 Å². The maximum Gasteiger partial charge on any atom is 0.239 e. The quantitative estimate of drug-likeness (QED) is 0.778. The second-order valence-corrected chi connectivity index (χ2v) is 3.89. The maximum atomic E-state index is 5.78. The molecule has 0 radical (unpaired) electrons. The highest BCUT2D eigenvalue weighted by atomic mass is 16.5. The monoisotopic (exact) mass is 223 g/mol. The highest BCUT2D eigenvalue weighted by Gasteiger charge is 2.05. The molecule has 0 aromatic carbocycles. The average Bonchev–Trinajstić information content (AvgIpc) is 2.29. The molecule has 1 heterocycles. The minimum Gasteiger partial charge on any atom is -0.476 e. The van der Waals surface area contributed by atoms with Gasteiger partial charge in [-0.3, -0.25) is 0 Å². The largest absolute Gasteiger partial charge is 0.476 e. The lowest BCUT2D eigenvalue weighted by molar-refractivity contribution is 0.307. The SMILES string of the molecule is CCCOc1nc(NC(C)CC)ccc1N. The third-order valence-electron chi connectivity index (χ3n) is 2.34. The van der Waals surface area contributed by atoms with Gasteiger partial charge in [0.2, 0.25) is 5.88 Å². The fraction of sp³-hybridized carbons (Fsp3) is 0.583. The summed E-state index contributed by atoms with van der Waals surface area (Å²) in [5.74, 6) is 1.34. The molecule has 1 rings (SSSR count). The Bertz CT molecular complexity index is 328. The summed E-state index contributed by atoms with van der Waals surface area (Å²) in [6.45, 7) is 6.94. The number of aromatic nitrogens is 1. The number of pyridine rings is 1. The Morgan fingerprint density at radius 1 is 1.44 bits per heavy atom. The Morgan fingerprint density at radius 3 is 2.81 bits per heavy atom. The van der Waals surface area contributed by atoms with Crippen molar-refractivity contribution in [1.29, 1.82) is 0 Å². The van der Waals surface area contributed by atoms with Crippen molar-refractivity contribution in [1.82, 2.24) is 4.98 Å². The highest BCUT2D eigenvalue weighted by Crippen LogP contribution is 2.21. The Labute approximate surface area is 97.2 Å². The first-order chi connectivity index (χ1) is 7.67. The third kappa shape index (κ3) is 3.61. The van der Waals surface area contributed by atoms with Gasteiger partial charge < -0.3 is 15.8 Å². The summed E-state index contributed by atoms with van der Waals surface area (Å²) in [7, 11) is 0. The van der Waals surface area contributed by atoms with Crippen LogP contribution in [-0.2, 0) is 0 Å². The lowest BCUT2D eigenvalue weighted by Crippen LogP contribution is -2.15. The molecule has 0 amide bonds. The van der Waals surface area contributed by atoms with Crippen molar-refractivity contribution >= 4 is 11.5 Å². The fourth-order valence-electron chi connectivity index (χ4n) is 1.20. The van der Waals surface area contributed by atoms with E-state index in [2.05, 4.69) is 31.1 Å². The maximum absolute atomic E-state index is 5.78. The molecule has 1 unspecified atom stereocenters. The van der Waals surface area contributed by atoms with Gasteiger partial charge >= 0.3 is 0 Å². The standard InChI is InChI=1S/C12H21N3O/c1-4-8-16-12-10(13)6-7-11(15-12)14-9(3)5-2/h6-7,9H,4-5,8,13H2,1-3H3,(H,14,15). The highest BCUT2D eigenvalue weighted by molar-refractivity contribution is 5.53. The summed E-state index contributed by atoms with van der Waals surface area (Å²) in [5, 5.41) is 3.29. The second kappa shape index (κ2) is 6.20. The molecule has 1 aromatic heterocycles. The number of ether oxygens (including phenoxy) is 1. The minimum absolute atomic E-state index is 0.398. The molecular weight excluding hydrogens is 202 g/mol. The average molecular weight is 223 g/mol. The zero-order valence-corrected chi connectivity index (χ0v) is 10.3. The number of nitrogens with two attached hydrogens (primary N) is 1. The molecule has 0 spiro atoms. The Morgan fingerprint density at radius 2 is 2.19 bits per heavy atom. The molecule has 0 saturated carbocycles. The summed E-state index contributed by atoms with van der Waals surface area (Å²) in [6, 6.07) is 4.10. The minimum atomic E-state index is 0.398. The van der Waals surface area contributed by atoms with Crippen LogP contribution in [0.25, 0.3) is 0 Å². The number of nitrogens with zero attached hydrogens (tertiary/aromatic N) is 1. The van der Waals surface area contributed by atoms with Crippen LogP contribution in [0.3, 0.4) is 0 Å². The summed E-state index contributed by atoms with van der Waals surface area (Å²) in [5.41, 5.74) is 6.36. The zero-order chi connectivity index (χ0) is 12.0. The normalized spacial score (nSPS) is 12.2. The number of hydrogen-bond donors (Lipinski definition) is 2. The first-order valence-corrected chi connectivity index (χ1v) is 5.83. The Balaban J connectivity index is 2.72. The van der Waals surface area contributed by atoms with Crippen molar-refractivity contribution in [2.24, 2.45) is 0 Å². The summed E-state index contributed by atoms with van der Waals surface area (Å²) in [4.78, 5) is 4.34. The van der Waals surface area contributed by atoms with Crippen LogP contribution in [0.5, 0.6) is 5.88 Å². The lowest BCUT2D eigenvalue weighted by atomic mass is 10.2. The van der Waals surface area contributed by atoms with Crippen LogP contribution in [0.15, 0.2) is 12.1 Å². The van der Waals surface area contributed by atoms with E-state index in [0.29, 0.717) is 24.2 Å². The van der Waals surface area contributed by atoms with E-state index in [9.17, 15) is 0 Å². The van der Waals surface area contributed by atoms with Crippen molar-refractivity contribution in [3.8, 4) is 5.88 Å². The fourth-order valence-corrected chi connectivity index (χ4v) is 1.20. The van der Waals surface area contributed by atoms with Gasteiger partial charge in [-0.1, -0.05) is 13.8 Å². The predicted molar refractivity (Wildman–Crippen MR) is 67.8 cm³/mol. The van der Waals surface area contributed by atoms with E-state index < -0.39 is 0 Å². The molecule has 0 aliphatic rings. The van der Waals surface area contributed by atoms with Gasteiger partial charge in [-0.05, 0) is 31.9 Å². The topological polar surface area (TPSA) is 60.2 Å². The molecule has 4 heteroatoms. The molecule has 0 bridgehead atoms. The van der Waals surface area contributed by atoms with Crippen LogP contribution < -0.4 is 15.8 Å². The van der Waals surface area contributed by atoms with Crippen LogP contribution in [0.4, 0.5) is 11.5 Å². The smallest absolute Gasteiger partial charge is 0.239 e. The van der Waals surface area contributed by atoms with E-state index in [1.165, 1.54) is 0 Å². The molecule has 3 N–H and O–H groups in total. The second-order valence-electron chi connectivity index (χ2n) is 3.89. The number of nitrogens with one attached hydrogen (secondary N) is 1. The zero-order valence-electron chi connectivity index (χ0n) is 10.3. The molecule has 1 aromatic rings. The molecule has 0 saturated heterocycles. The van der Waals surface area contributed by atoms with E-state index in [4.69, 9.17) is 10.5 Å². The van der Waals surface area contributed by atoms with Crippen LogP contribution >= 0.6 is 0 Å². The predicted octanol–water partition coefficient (Wildman–Crippen LogP) is 2.66.